The molecule has 0 amide bonds. The van der Waals surface area contributed by atoms with E-state index < -0.39 is 30.3 Å². The van der Waals surface area contributed by atoms with Crippen LogP contribution in [0.4, 0.5) is 0 Å². The van der Waals surface area contributed by atoms with Gasteiger partial charge in [0.25, 0.3) is 0 Å². The van der Waals surface area contributed by atoms with Gasteiger partial charge in [0.2, 0.25) is 0 Å². The van der Waals surface area contributed by atoms with Crippen LogP contribution >= 0.6 is 0 Å². The third-order valence-corrected chi connectivity index (χ3v) is 3.45. The van der Waals surface area contributed by atoms with Gasteiger partial charge in [-0.3, -0.25) is 14.4 Å². The Morgan fingerprint density at radius 2 is 1.92 bits per heavy atom. The Morgan fingerprint density at radius 3 is 2.54 bits per heavy atom. The summed E-state index contributed by atoms with van der Waals surface area (Å²) in [6.45, 7) is 2.34. The highest BCUT2D eigenvalue weighted by Crippen LogP contribution is 2.22. The smallest absolute Gasteiger partial charge is 0.303 e. The van der Waals surface area contributed by atoms with Gasteiger partial charge in [-0.2, -0.15) is 0 Å². The maximum atomic E-state index is 12.3. The van der Waals surface area contributed by atoms with Crippen molar-refractivity contribution in [2.24, 2.45) is 0 Å². The maximum Gasteiger partial charge on any atom is 0.303 e. The van der Waals surface area contributed by atoms with E-state index in [4.69, 9.17) is 14.2 Å². The summed E-state index contributed by atoms with van der Waals surface area (Å²) < 4.78 is 15.7. The fourth-order valence-electron chi connectivity index (χ4n) is 2.41. The van der Waals surface area contributed by atoms with Crippen LogP contribution in [0.15, 0.2) is 36.4 Å². The Morgan fingerprint density at radius 1 is 1.21 bits per heavy atom. The van der Waals surface area contributed by atoms with Crippen molar-refractivity contribution >= 4 is 23.8 Å². The predicted octanol–water partition coefficient (Wildman–Crippen LogP) is 1.92. The topological polar surface area (TPSA) is 78.9 Å². The first-order chi connectivity index (χ1) is 11.5. The highest BCUT2D eigenvalue weighted by molar-refractivity contribution is 5.87. The Bertz CT molecular complexity index is 622. The molecule has 0 saturated carbocycles. The summed E-state index contributed by atoms with van der Waals surface area (Å²) in [6, 6.07) is 9.59. The number of hydrogen-bond acceptors (Lipinski definition) is 6. The molecule has 0 radical (unpaired) electrons. The first-order valence-corrected chi connectivity index (χ1v) is 7.67. The fraction of sp³-hybridized carbons (Fsp3) is 0.389. The van der Waals surface area contributed by atoms with E-state index >= 15 is 0 Å². The minimum atomic E-state index is -1.05. The van der Waals surface area contributed by atoms with Gasteiger partial charge in [-0.1, -0.05) is 42.5 Å². The monoisotopic (exact) mass is 332 g/mol. The predicted molar refractivity (Wildman–Crippen MR) is 85.9 cm³/mol. The largest absolute Gasteiger partial charge is 0.463 e. The molecule has 0 aromatic heterocycles. The molecule has 2 rings (SSSR count). The zero-order valence-corrected chi connectivity index (χ0v) is 13.6. The number of rotatable bonds is 5. The SMILES string of the molecule is CC(=O)OC[C@H]1O[C@H](/C=C/c2ccccc2)CC(=O)[C@@H]1OC(C)=O. The van der Waals surface area contributed by atoms with Crippen LogP contribution in [0.25, 0.3) is 6.08 Å². The summed E-state index contributed by atoms with van der Waals surface area (Å²) in [4.78, 5) is 34.5. The average molecular weight is 332 g/mol. The average Bonchev–Trinajstić information content (AvgIpc) is 2.54. The van der Waals surface area contributed by atoms with E-state index in [2.05, 4.69) is 0 Å². The standard InChI is InChI=1S/C18H20O6/c1-12(19)22-11-17-18(23-13(2)20)16(21)10-15(24-17)9-8-14-6-4-3-5-7-14/h3-9,15,17-18H,10-11H2,1-2H3/b9-8+/t15-,17-,18+/m1/s1. The van der Waals surface area contributed by atoms with Crippen LogP contribution in [-0.4, -0.2) is 42.6 Å². The number of ketones is 1. The molecule has 3 atom stereocenters. The van der Waals surface area contributed by atoms with Gasteiger partial charge in [-0.25, -0.2) is 0 Å². The molecule has 1 aromatic carbocycles. The lowest BCUT2D eigenvalue weighted by Crippen LogP contribution is -2.49. The van der Waals surface area contributed by atoms with Crippen molar-refractivity contribution < 1.29 is 28.6 Å². The van der Waals surface area contributed by atoms with Gasteiger partial charge >= 0.3 is 11.9 Å². The van der Waals surface area contributed by atoms with Crippen molar-refractivity contribution in [3.05, 3.63) is 42.0 Å². The summed E-state index contributed by atoms with van der Waals surface area (Å²) in [7, 11) is 0. The van der Waals surface area contributed by atoms with Gasteiger partial charge in [-0.05, 0) is 5.56 Å². The van der Waals surface area contributed by atoms with Crippen LogP contribution in [0.2, 0.25) is 0 Å². The van der Waals surface area contributed by atoms with Crippen LogP contribution in [0, 0.1) is 0 Å². The van der Waals surface area contributed by atoms with E-state index in [9.17, 15) is 14.4 Å². The number of ether oxygens (including phenoxy) is 3. The molecule has 6 nitrogen and oxygen atoms in total. The molecule has 128 valence electrons. The zero-order chi connectivity index (χ0) is 17.5. The van der Waals surface area contributed by atoms with E-state index in [-0.39, 0.29) is 18.8 Å². The van der Waals surface area contributed by atoms with Gasteiger partial charge in [0.15, 0.2) is 11.9 Å². The highest BCUT2D eigenvalue weighted by Gasteiger charge is 2.39. The van der Waals surface area contributed by atoms with Crippen molar-refractivity contribution in [3.63, 3.8) is 0 Å². The van der Waals surface area contributed by atoms with E-state index in [0.29, 0.717) is 0 Å². The second-order valence-corrected chi connectivity index (χ2v) is 5.49. The summed E-state index contributed by atoms with van der Waals surface area (Å²) in [5, 5.41) is 0. The molecule has 0 unspecified atom stereocenters. The Kier molecular flexibility index (Phi) is 6.26. The Labute approximate surface area is 140 Å². The summed E-state index contributed by atoms with van der Waals surface area (Å²) in [5.74, 6) is -1.33. The molecule has 24 heavy (non-hydrogen) atoms. The lowest BCUT2D eigenvalue weighted by molar-refractivity contribution is -0.182. The number of Topliss-reactive ketones (excluding diaryl/α,β-unsaturated/α-hetero) is 1. The molecular formula is C18H20O6. The van der Waals surface area contributed by atoms with Crippen molar-refractivity contribution in [2.45, 2.75) is 38.6 Å². The minimum Gasteiger partial charge on any atom is -0.463 e. The number of benzene rings is 1. The van der Waals surface area contributed by atoms with Crippen molar-refractivity contribution in [1.29, 1.82) is 0 Å². The van der Waals surface area contributed by atoms with E-state index in [1.165, 1.54) is 13.8 Å². The first kappa shape index (κ1) is 17.9. The molecule has 1 heterocycles. The Hall–Kier alpha value is -2.47. The van der Waals surface area contributed by atoms with Crippen molar-refractivity contribution in [2.75, 3.05) is 6.61 Å². The number of esters is 2. The van der Waals surface area contributed by atoms with Crippen LogP contribution < -0.4 is 0 Å². The normalized spacial score (nSPS) is 23.9. The van der Waals surface area contributed by atoms with E-state index in [1.807, 2.05) is 36.4 Å². The number of carbonyl (C=O) groups is 3. The van der Waals surface area contributed by atoms with Gasteiger partial charge < -0.3 is 14.2 Å². The highest BCUT2D eigenvalue weighted by atomic mass is 16.6. The first-order valence-electron chi connectivity index (χ1n) is 7.67. The second-order valence-electron chi connectivity index (χ2n) is 5.49. The molecule has 6 heteroatoms. The molecule has 0 bridgehead atoms. The minimum absolute atomic E-state index is 0.0951. The molecule has 0 aliphatic carbocycles. The molecule has 1 aliphatic heterocycles. The third-order valence-electron chi connectivity index (χ3n) is 3.45. The summed E-state index contributed by atoms with van der Waals surface area (Å²) in [6.07, 6.45) is 1.39. The third kappa shape index (κ3) is 5.31. The molecule has 0 N–H and O–H groups in total. The molecule has 1 aromatic rings. The number of hydrogen-bond donors (Lipinski definition) is 0. The quantitative estimate of drug-likeness (QED) is 0.767. The number of carbonyl (C=O) groups excluding carboxylic acids is 3. The van der Waals surface area contributed by atoms with Crippen LogP contribution in [0.3, 0.4) is 0 Å². The molecular weight excluding hydrogens is 312 g/mol. The van der Waals surface area contributed by atoms with E-state index in [0.717, 1.165) is 5.56 Å². The molecule has 1 saturated heterocycles. The molecule has 1 aliphatic rings. The molecule has 0 spiro atoms. The maximum absolute atomic E-state index is 12.3. The lowest BCUT2D eigenvalue weighted by Gasteiger charge is -2.33. The zero-order valence-electron chi connectivity index (χ0n) is 13.6. The van der Waals surface area contributed by atoms with Crippen LogP contribution in [0.1, 0.15) is 25.8 Å². The van der Waals surface area contributed by atoms with Crippen molar-refractivity contribution in [3.8, 4) is 0 Å². The lowest BCUT2D eigenvalue weighted by atomic mass is 9.98. The van der Waals surface area contributed by atoms with Gasteiger partial charge in [0.05, 0.1) is 6.10 Å². The molecule has 1 fully saturated rings. The van der Waals surface area contributed by atoms with Crippen molar-refractivity contribution in [1.82, 2.24) is 0 Å². The Balaban J connectivity index is 2.07. The van der Waals surface area contributed by atoms with Crippen LogP contribution in [0.5, 0.6) is 0 Å². The fourth-order valence-corrected chi connectivity index (χ4v) is 2.41. The van der Waals surface area contributed by atoms with Gasteiger partial charge in [-0.15, -0.1) is 0 Å². The summed E-state index contributed by atoms with van der Waals surface area (Å²) in [5.41, 5.74) is 0.979. The van der Waals surface area contributed by atoms with Gasteiger partial charge in [0, 0.05) is 20.3 Å². The second kappa shape index (κ2) is 8.40. The summed E-state index contributed by atoms with van der Waals surface area (Å²) >= 11 is 0. The van der Waals surface area contributed by atoms with E-state index in [1.54, 1.807) is 6.08 Å². The van der Waals surface area contributed by atoms with Crippen LogP contribution in [-0.2, 0) is 28.6 Å². The van der Waals surface area contributed by atoms with Gasteiger partial charge in [0.1, 0.15) is 12.7 Å².